The topological polar surface area (TPSA) is 88.0 Å². The second-order valence-electron chi connectivity index (χ2n) is 7.32. The van der Waals surface area contributed by atoms with Gasteiger partial charge in [-0.2, -0.15) is 0 Å². The van der Waals surface area contributed by atoms with Crippen LogP contribution in [0.1, 0.15) is 38.9 Å². The van der Waals surface area contributed by atoms with E-state index in [0.717, 1.165) is 24.4 Å². The molecule has 6 nitrogen and oxygen atoms in total. The average molecular weight is 435 g/mol. The van der Waals surface area contributed by atoms with Gasteiger partial charge in [-0.05, 0) is 74.3 Å². The maximum absolute atomic E-state index is 12.0. The van der Waals surface area contributed by atoms with Crippen molar-refractivity contribution < 1.29 is 19.5 Å². The molecule has 3 atom stereocenters. The fourth-order valence-corrected chi connectivity index (χ4v) is 3.97. The van der Waals surface area contributed by atoms with Crippen LogP contribution in [0.25, 0.3) is 0 Å². The second-order valence-corrected chi connectivity index (χ2v) is 9.03. The number of ether oxygens (including phenoxy) is 1. The molecule has 3 N–H and O–H groups in total. The number of hydrogen-bond acceptors (Lipinski definition) is 6. The van der Waals surface area contributed by atoms with Crippen molar-refractivity contribution in [3.8, 4) is 11.5 Å². The molecule has 0 saturated carbocycles. The number of rotatable bonds is 12. The maximum Gasteiger partial charge on any atom is 0.194 e. The van der Waals surface area contributed by atoms with E-state index in [0.29, 0.717) is 29.4 Å². The van der Waals surface area contributed by atoms with Gasteiger partial charge in [0, 0.05) is 37.9 Å². The molecule has 2 aromatic carbocycles. The minimum absolute atomic E-state index is 0.00443. The zero-order valence-corrected chi connectivity index (χ0v) is 19.1. The van der Waals surface area contributed by atoms with E-state index in [4.69, 9.17) is 4.74 Å². The van der Waals surface area contributed by atoms with Crippen LogP contribution in [0.5, 0.6) is 11.5 Å². The van der Waals surface area contributed by atoms with Gasteiger partial charge >= 0.3 is 0 Å². The molecule has 0 aromatic heterocycles. The number of phenols is 1. The number of anilines is 1. The molecule has 0 heterocycles. The van der Waals surface area contributed by atoms with Gasteiger partial charge in [-0.25, -0.2) is 0 Å². The molecule has 0 aliphatic heterocycles. The lowest BCUT2D eigenvalue weighted by Crippen LogP contribution is -2.33. The van der Waals surface area contributed by atoms with Gasteiger partial charge in [0.25, 0.3) is 0 Å². The van der Waals surface area contributed by atoms with Crippen molar-refractivity contribution in [3.63, 3.8) is 0 Å². The summed E-state index contributed by atoms with van der Waals surface area (Å²) in [6.07, 6.45) is 0.182. The summed E-state index contributed by atoms with van der Waals surface area (Å²) in [7, 11) is 2.06. The summed E-state index contributed by atoms with van der Waals surface area (Å²) in [4.78, 5) is 2.57. The summed E-state index contributed by atoms with van der Waals surface area (Å²) < 4.78 is 17.5. The smallest absolute Gasteiger partial charge is 0.194 e. The maximum atomic E-state index is 12.0. The van der Waals surface area contributed by atoms with Crippen LogP contribution in [0, 0.1) is 0 Å². The van der Waals surface area contributed by atoms with Crippen LogP contribution >= 0.6 is 0 Å². The number of aliphatic hydroxyl groups is 1. The minimum Gasteiger partial charge on any atom is -0.611 e. The van der Waals surface area contributed by atoms with Gasteiger partial charge in [0.2, 0.25) is 0 Å². The van der Waals surface area contributed by atoms with Gasteiger partial charge in [0.05, 0.1) is 12.7 Å². The number of phenolic OH excluding ortho intramolecular Hbond substituents is 1. The largest absolute Gasteiger partial charge is 0.611 e. The SMILES string of the molecule is CCOc1ccc(N(C)CCC(C)NCC(O)c2ccc(O)c([S+]([O-])CC)c2)cc1. The van der Waals surface area contributed by atoms with E-state index in [-0.39, 0.29) is 11.8 Å². The van der Waals surface area contributed by atoms with Crippen molar-refractivity contribution in [1.82, 2.24) is 5.32 Å². The Morgan fingerprint density at radius 3 is 2.50 bits per heavy atom. The van der Waals surface area contributed by atoms with Crippen molar-refractivity contribution in [2.45, 2.75) is 44.2 Å². The molecule has 0 bridgehead atoms. The zero-order valence-electron chi connectivity index (χ0n) is 18.3. The highest BCUT2D eigenvalue weighted by Crippen LogP contribution is 2.27. The van der Waals surface area contributed by atoms with Gasteiger partial charge < -0.3 is 29.7 Å². The molecule has 30 heavy (non-hydrogen) atoms. The third-order valence-corrected chi connectivity index (χ3v) is 6.36. The molecule has 0 saturated heterocycles. The number of aliphatic hydroxyl groups excluding tert-OH is 1. The first kappa shape index (κ1) is 24.3. The predicted octanol–water partition coefficient (Wildman–Crippen LogP) is 3.46. The first-order valence-corrected chi connectivity index (χ1v) is 11.7. The summed E-state index contributed by atoms with van der Waals surface area (Å²) >= 11 is -1.27. The predicted molar refractivity (Wildman–Crippen MR) is 123 cm³/mol. The lowest BCUT2D eigenvalue weighted by molar-refractivity contribution is 0.170. The first-order valence-electron chi connectivity index (χ1n) is 10.4. The highest BCUT2D eigenvalue weighted by Gasteiger charge is 2.18. The van der Waals surface area contributed by atoms with Gasteiger partial charge in [-0.1, -0.05) is 6.07 Å². The number of hydrogen-bond donors (Lipinski definition) is 3. The Hall–Kier alpha value is -1.93. The average Bonchev–Trinajstić information content (AvgIpc) is 2.76. The van der Waals surface area contributed by atoms with E-state index in [9.17, 15) is 14.8 Å². The molecule has 0 aliphatic rings. The van der Waals surface area contributed by atoms with Crippen molar-refractivity contribution >= 4 is 16.9 Å². The van der Waals surface area contributed by atoms with Crippen LogP contribution < -0.4 is 15.0 Å². The second kappa shape index (κ2) is 12.1. The van der Waals surface area contributed by atoms with E-state index in [2.05, 4.69) is 36.3 Å². The van der Waals surface area contributed by atoms with E-state index in [1.165, 1.54) is 6.07 Å². The number of nitrogens with one attached hydrogen (secondary N) is 1. The van der Waals surface area contributed by atoms with Crippen molar-refractivity contribution in [2.24, 2.45) is 0 Å². The number of nitrogens with zero attached hydrogens (tertiary/aromatic N) is 1. The highest BCUT2D eigenvalue weighted by molar-refractivity contribution is 7.91. The fourth-order valence-electron chi connectivity index (χ4n) is 3.09. The van der Waals surface area contributed by atoms with Gasteiger partial charge in [-0.15, -0.1) is 0 Å². The zero-order chi connectivity index (χ0) is 22.1. The Morgan fingerprint density at radius 2 is 1.87 bits per heavy atom. The van der Waals surface area contributed by atoms with E-state index in [1.54, 1.807) is 19.1 Å². The molecule has 0 spiro atoms. The Kier molecular flexibility index (Phi) is 9.78. The van der Waals surface area contributed by atoms with Crippen LogP contribution in [-0.4, -0.2) is 53.3 Å². The molecule has 0 fully saturated rings. The van der Waals surface area contributed by atoms with E-state index >= 15 is 0 Å². The molecule has 2 rings (SSSR count). The molecular formula is C23H34N2O4S. The molecule has 0 radical (unpaired) electrons. The fraction of sp³-hybridized carbons (Fsp3) is 0.478. The summed E-state index contributed by atoms with van der Waals surface area (Å²) in [5, 5.41) is 23.7. The third kappa shape index (κ3) is 7.09. The van der Waals surface area contributed by atoms with Crippen molar-refractivity contribution in [3.05, 3.63) is 48.0 Å². The number of aromatic hydroxyl groups is 1. The molecule has 0 aliphatic carbocycles. The Bertz CT molecular complexity index is 772. The Balaban J connectivity index is 1.81. The summed E-state index contributed by atoms with van der Waals surface area (Å²) in [5.74, 6) is 1.30. The minimum atomic E-state index is -1.27. The van der Waals surface area contributed by atoms with Gasteiger partial charge in [0.15, 0.2) is 10.6 Å². The molecule has 2 aromatic rings. The summed E-state index contributed by atoms with van der Waals surface area (Å²) in [6.45, 7) is 7.78. The lowest BCUT2D eigenvalue weighted by atomic mass is 10.1. The molecule has 0 amide bonds. The number of benzene rings is 2. The Morgan fingerprint density at radius 1 is 1.17 bits per heavy atom. The van der Waals surface area contributed by atoms with E-state index < -0.39 is 17.3 Å². The van der Waals surface area contributed by atoms with Gasteiger partial charge in [-0.3, -0.25) is 0 Å². The Labute approximate surface area is 183 Å². The summed E-state index contributed by atoms with van der Waals surface area (Å²) in [5.41, 5.74) is 1.78. The van der Waals surface area contributed by atoms with Crippen LogP contribution in [0.3, 0.4) is 0 Å². The molecule has 7 heteroatoms. The van der Waals surface area contributed by atoms with Crippen molar-refractivity contribution in [1.29, 1.82) is 0 Å². The monoisotopic (exact) mass is 434 g/mol. The highest BCUT2D eigenvalue weighted by atomic mass is 32.2. The normalized spacial score (nSPS) is 14.2. The van der Waals surface area contributed by atoms with Gasteiger partial charge in [0.1, 0.15) is 11.5 Å². The van der Waals surface area contributed by atoms with Crippen LogP contribution in [0.2, 0.25) is 0 Å². The third-order valence-electron chi connectivity index (χ3n) is 5.02. The van der Waals surface area contributed by atoms with Crippen LogP contribution in [0.15, 0.2) is 47.4 Å². The molecular weight excluding hydrogens is 400 g/mol. The standard InChI is InChI=1S/C23H34N2O4S/c1-5-29-20-10-8-19(9-11-20)25(4)14-13-17(3)24-16-22(27)18-7-12-21(26)23(15-18)30(28)6-2/h7-12,15,17,22,24,26-27H,5-6,13-14,16H2,1-4H3. The lowest BCUT2D eigenvalue weighted by Gasteiger charge is -2.23. The molecule has 166 valence electrons. The van der Waals surface area contributed by atoms with E-state index in [1.807, 2.05) is 19.1 Å². The molecule has 3 unspecified atom stereocenters. The van der Waals surface area contributed by atoms with Crippen LogP contribution in [0.4, 0.5) is 5.69 Å². The first-order chi connectivity index (χ1) is 14.3. The summed E-state index contributed by atoms with van der Waals surface area (Å²) in [6, 6.07) is 13.1. The van der Waals surface area contributed by atoms with Crippen molar-refractivity contribution in [2.75, 3.05) is 37.4 Å². The van der Waals surface area contributed by atoms with Crippen LogP contribution in [-0.2, 0) is 11.2 Å². The quantitative estimate of drug-likeness (QED) is 0.444.